The first-order valence-electron chi connectivity index (χ1n) is 6.65. The molecule has 1 amide bonds. The second-order valence-electron chi connectivity index (χ2n) is 5.18. The molecule has 0 unspecified atom stereocenters. The van der Waals surface area contributed by atoms with E-state index < -0.39 is 5.97 Å². The van der Waals surface area contributed by atoms with E-state index in [9.17, 15) is 9.59 Å². The largest absolute Gasteiger partial charge is 0.478 e. The smallest absolute Gasteiger partial charge is 0.335 e. The van der Waals surface area contributed by atoms with Gasteiger partial charge < -0.3 is 10.0 Å². The number of rotatable bonds is 4. The van der Waals surface area contributed by atoms with Gasteiger partial charge in [0.15, 0.2) is 0 Å². The van der Waals surface area contributed by atoms with Crippen molar-refractivity contribution in [3.8, 4) is 0 Å². The number of benzene rings is 1. The summed E-state index contributed by atoms with van der Waals surface area (Å²) in [5.74, 6) is -0.537. The zero-order valence-corrected chi connectivity index (χ0v) is 11.1. The van der Waals surface area contributed by atoms with Gasteiger partial charge in [0.05, 0.1) is 5.56 Å². The van der Waals surface area contributed by atoms with Crippen molar-refractivity contribution in [2.75, 3.05) is 7.05 Å². The van der Waals surface area contributed by atoms with Crippen LogP contribution < -0.4 is 0 Å². The van der Waals surface area contributed by atoms with Crippen molar-refractivity contribution >= 4 is 11.9 Å². The Hall–Kier alpha value is -1.84. The quantitative estimate of drug-likeness (QED) is 0.906. The molecule has 0 radical (unpaired) electrons. The average Bonchev–Trinajstić information content (AvgIpc) is 2.92. The predicted octanol–water partition coefficient (Wildman–Crippen LogP) is 2.53. The molecular weight excluding hydrogens is 242 g/mol. The standard InChI is InChI=1S/C15H19NO3/c1-16(14(17)12-4-2-3-5-12)10-11-6-8-13(9-7-11)15(18)19/h6-9,12H,2-5,10H2,1H3,(H,18,19). The van der Waals surface area contributed by atoms with Crippen LogP contribution in [-0.4, -0.2) is 28.9 Å². The van der Waals surface area contributed by atoms with Gasteiger partial charge >= 0.3 is 5.97 Å². The Morgan fingerprint density at radius 3 is 2.32 bits per heavy atom. The average molecular weight is 261 g/mol. The number of carbonyl (C=O) groups excluding carboxylic acids is 1. The first-order chi connectivity index (χ1) is 9.08. The molecule has 2 rings (SSSR count). The Bertz CT molecular complexity index is 461. The molecule has 1 aliphatic rings. The van der Waals surface area contributed by atoms with Crippen molar-refractivity contribution in [3.05, 3.63) is 35.4 Å². The summed E-state index contributed by atoms with van der Waals surface area (Å²) in [6, 6.07) is 6.68. The van der Waals surface area contributed by atoms with Crippen molar-refractivity contribution in [2.24, 2.45) is 5.92 Å². The Morgan fingerprint density at radius 1 is 1.21 bits per heavy atom. The third kappa shape index (κ3) is 3.34. The van der Waals surface area contributed by atoms with E-state index in [2.05, 4.69) is 0 Å². The number of carboxylic acids is 1. The lowest BCUT2D eigenvalue weighted by molar-refractivity contribution is -0.134. The maximum absolute atomic E-state index is 12.2. The van der Waals surface area contributed by atoms with Crippen molar-refractivity contribution in [1.29, 1.82) is 0 Å². The molecule has 102 valence electrons. The van der Waals surface area contributed by atoms with E-state index in [1.165, 1.54) is 0 Å². The fourth-order valence-electron chi connectivity index (χ4n) is 2.59. The Balaban J connectivity index is 1.96. The summed E-state index contributed by atoms with van der Waals surface area (Å²) in [5.41, 5.74) is 1.23. The van der Waals surface area contributed by atoms with Crippen molar-refractivity contribution < 1.29 is 14.7 Å². The number of aromatic carboxylic acids is 1. The number of nitrogens with zero attached hydrogens (tertiary/aromatic N) is 1. The summed E-state index contributed by atoms with van der Waals surface area (Å²) < 4.78 is 0. The van der Waals surface area contributed by atoms with E-state index >= 15 is 0 Å². The Kier molecular flexibility index (Phi) is 4.20. The van der Waals surface area contributed by atoms with Crippen molar-refractivity contribution in [2.45, 2.75) is 32.2 Å². The number of amides is 1. The molecule has 0 saturated heterocycles. The molecule has 19 heavy (non-hydrogen) atoms. The monoisotopic (exact) mass is 261 g/mol. The minimum atomic E-state index is -0.929. The third-order valence-corrected chi connectivity index (χ3v) is 3.70. The van der Waals surface area contributed by atoms with Gasteiger partial charge in [0, 0.05) is 19.5 Å². The van der Waals surface area contributed by atoms with Crippen LogP contribution >= 0.6 is 0 Å². The maximum Gasteiger partial charge on any atom is 0.335 e. The lowest BCUT2D eigenvalue weighted by Crippen LogP contribution is -2.31. The summed E-state index contributed by atoms with van der Waals surface area (Å²) in [7, 11) is 1.81. The molecule has 4 heteroatoms. The molecule has 1 N–H and O–H groups in total. The highest BCUT2D eigenvalue weighted by molar-refractivity contribution is 5.87. The highest BCUT2D eigenvalue weighted by Gasteiger charge is 2.25. The summed E-state index contributed by atoms with van der Waals surface area (Å²) >= 11 is 0. The molecule has 0 bridgehead atoms. The summed E-state index contributed by atoms with van der Waals surface area (Å²) in [6.45, 7) is 0.537. The van der Waals surface area contributed by atoms with Gasteiger partial charge in [-0.1, -0.05) is 25.0 Å². The number of carboxylic acid groups (broad SMARTS) is 1. The molecule has 0 aliphatic heterocycles. The van der Waals surface area contributed by atoms with Gasteiger partial charge in [0.2, 0.25) is 5.91 Å². The molecule has 1 aromatic carbocycles. The van der Waals surface area contributed by atoms with Crippen LogP contribution in [0.2, 0.25) is 0 Å². The zero-order valence-electron chi connectivity index (χ0n) is 11.1. The van der Waals surface area contributed by atoms with Gasteiger partial charge in [0.25, 0.3) is 0 Å². The molecule has 0 aromatic heterocycles. The van der Waals surface area contributed by atoms with Crippen LogP contribution in [0.25, 0.3) is 0 Å². The number of hydrogen-bond donors (Lipinski definition) is 1. The van der Waals surface area contributed by atoms with Crippen LogP contribution in [0.4, 0.5) is 0 Å². The highest BCUT2D eigenvalue weighted by Crippen LogP contribution is 2.26. The number of carbonyl (C=O) groups is 2. The van der Waals surface area contributed by atoms with Crippen LogP contribution in [0, 0.1) is 5.92 Å². The van der Waals surface area contributed by atoms with E-state index in [-0.39, 0.29) is 17.4 Å². The third-order valence-electron chi connectivity index (χ3n) is 3.70. The Labute approximate surface area is 113 Å². The van der Waals surface area contributed by atoms with Gasteiger partial charge in [-0.25, -0.2) is 4.79 Å². The molecule has 1 saturated carbocycles. The van der Waals surface area contributed by atoms with E-state index in [1.807, 2.05) is 7.05 Å². The fraction of sp³-hybridized carbons (Fsp3) is 0.467. The van der Waals surface area contributed by atoms with E-state index in [4.69, 9.17) is 5.11 Å². The van der Waals surface area contributed by atoms with Gasteiger partial charge in [-0.3, -0.25) is 4.79 Å². The normalized spacial score (nSPS) is 15.4. The van der Waals surface area contributed by atoms with Crippen LogP contribution in [0.3, 0.4) is 0 Å². The fourth-order valence-corrected chi connectivity index (χ4v) is 2.59. The van der Waals surface area contributed by atoms with E-state index in [1.54, 1.807) is 29.2 Å². The van der Waals surface area contributed by atoms with E-state index in [0.717, 1.165) is 31.2 Å². The summed E-state index contributed by atoms with van der Waals surface area (Å²) in [5, 5.41) is 8.82. The minimum absolute atomic E-state index is 0.184. The van der Waals surface area contributed by atoms with Crippen LogP contribution in [0.15, 0.2) is 24.3 Å². The predicted molar refractivity (Wildman–Crippen MR) is 71.8 cm³/mol. The van der Waals surface area contributed by atoms with Gasteiger partial charge in [-0.2, -0.15) is 0 Å². The van der Waals surface area contributed by atoms with Crippen molar-refractivity contribution in [3.63, 3.8) is 0 Å². The molecule has 0 spiro atoms. The SMILES string of the molecule is CN(Cc1ccc(C(=O)O)cc1)C(=O)C1CCCC1. The molecule has 1 aromatic rings. The van der Waals surface area contributed by atoms with Crippen molar-refractivity contribution in [1.82, 2.24) is 4.90 Å². The van der Waals surface area contributed by atoms with Gasteiger partial charge in [-0.15, -0.1) is 0 Å². The lowest BCUT2D eigenvalue weighted by Gasteiger charge is -2.21. The van der Waals surface area contributed by atoms with E-state index in [0.29, 0.717) is 6.54 Å². The van der Waals surface area contributed by atoms with Gasteiger partial charge in [0.1, 0.15) is 0 Å². The summed E-state index contributed by atoms with van der Waals surface area (Å²) in [6.07, 6.45) is 4.30. The topological polar surface area (TPSA) is 57.6 Å². The first kappa shape index (κ1) is 13.6. The second kappa shape index (κ2) is 5.87. The van der Waals surface area contributed by atoms with Crippen LogP contribution in [0.5, 0.6) is 0 Å². The van der Waals surface area contributed by atoms with Crippen LogP contribution in [-0.2, 0) is 11.3 Å². The second-order valence-corrected chi connectivity index (χ2v) is 5.18. The Morgan fingerprint density at radius 2 is 1.79 bits per heavy atom. The lowest BCUT2D eigenvalue weighted by atomic mass is 10.1. The maximum atomic E-state index is 12.2. The molecule has 1 fully saturated rings. The number of hydrogen-bond acceptors (Lipinski definition) is 2. The highest BCUT2D eigenvalue weighted by atomic mass is 16.4. The molecular formula is C15H19NO3. The zero-order chi connectivity index (χ0) is 13.8. The molecule has 0 atom stereocenters. The molecule has 0 heterocycles. The summed E-state index contributed by atoms with van der Waals surface area (Å²) in [4.78, 5) is 24.7. The molecule has 1 aliphatic carbocycles. The first-order valence-corrected chi connectivity index (χ1v) is 6.65. The van der Waals surface area contributed by atoms with Gasteiger partial charge in [-0.05, 0) is 30.5 Å². The minimum Gasteiger partial charge on any atom is -0.478 e. The van der Waals surface area contributed by atoms with Crippen LogP contribution in [0.1, 0.15) is 41.6 Å². The molecule has 4 nitrogen and oxygen atoms in total.